The minimum Gasteiger partial charge on any atom is -0.378 e. The molecule has 3 heteroatoms. The summed E-state index contributed by atoms with van der Waals surface area (Å²) in [4.78, 5) is 4.31. The van der Waals surface area contributed by atoms with E-state index in [1.807, 2.05) is 12.3 Å². The van der Waals surface area contributed by atoms with Gasteiger partial charge in [0.15, 0.2) is 0 Å². The molecule has 0 atom stereocenters. The predicted octanol–water partition coefficient (Wildman–Crippen LogP) is 0.878. The molecule has 13 heavy (non-hydrogen) atoms. The molecule has 1 aliphatic heterocycles. The second-order valence-electron chi connectivity index (χ2n) is 3.38. The van der Waals surface area contributed by atoms with Gasteiger partial charge in [-0.2, -0.15) is 0 Å². The molecular weight excluding hydrogens is 164 g/mol. The Bertz CT molecular complexity index is 284. The lowest BCUT2D eigenvalue weighted by Gasteiger charge is -2.26. The smallest absolute Gasteiger partial charge is 0.0643 e. The molecule has 0 aromatic carbocycles. The molecular formula is C10H14N2O. The summed E-state index contributed by atoms with van der Waals surface area (Å²) >= 11 is 0. The molecule has 3 nitrogen and oxygen atoms in total. The number of hydrogen-bond donors (Lipinski definition) is 1. The molecule has 1 saturated heterocycles. The van der Waals surface area contributed by atoms with Crippen LogP contribution in [0.1, 0.15) is 11.3 Å². The van der Waals surface area contributed by atoms with Crippen molar-refractivity contribution in [3.63, 3.8) is 0 Å². The third kappa shape index (κ3) is 2.05. The Balaban J connectivity index is 1.89. The predicted molar refractivity (Wildman–Crippen MR) is 50.4 cm³/mol. The van der Waals surface area contributed by atoms with Gasteiger partial charge in [-0.25, -0.2) is 0 Å². The van der Waals surface area contributed by atoms with Crippen LogP contribution in [0.15, 0.2) is 18.3 Å². The first-order valence-corrected chi connectivity index (χ1v) is 4.58. The Morgan fingerprint density at radius 1 is 1.62 bits per heavy atom. The first-order chi connectivity index (χ1) is 6.36. The number of aromatic nitrogens is 1. The molecule has 1 fully saturated rings. The minimum atomic E-state index is 0.529. The normalized spacial score (nSPS) is 17.0. The SMILES string of the molecule is Cc1cccnc1CNC1COC1. The van der Waals surface area contributed by atoms with E-state index in [2.05, 4.69) is 23.3 Å². The summed E-state index contributed by atoms with van der Waals surface area (Å²) in [5.41, 5.74) is 2.38. The molecule has 0 bridgehead atoms. The Hall–Kier alpha value is -0.930. The standard InChI is InChI=1S/C10H14N2O/c1-8-3-2-4-11-10(8)5-12-9-6-13-7-9/h2-4,9,12H,5-7H2,1H3. The number of pyridine rings is 1. The second-order valence-corrected chi connectivity index (χ2v) is 3.38. The molecule has 0 unspecified atom stereocenters. The highest BCUT2D eigenvalue weighted by molar-refractivity contribution is 5.17. The Morgan fingerprint density at radius 3 is 3.08 bits per heavy atom. The van der Waals surface area contributed by atoms with Crippen LogP contribution in [0, 0.1) is 6.92 Å². The summed E-state index contributed by atoms with van der Waals surface area (Å²) in [5, 5.41) is 3.39. The van der Waals surface area contributed by atoms with E-state index in [0.29, 0.717) is 6.04 Å². The van der Waals surface area contributed by atoms with Crippen LogP contribution >= 0.6 is 0 Å². The number of rotatable bonds is 3. The maximum absolute atomic E-state index is 5.07. The van der Waals surface area contributed by atoms with Gasteiger partial charge in [-0.1, -0.05) is 6.07 Å². The Morgan fingerprint density at radius 2 is 2.46 bits per heavy atom. The highest BCUT2D eigenvalue weighted by atomic mass is 16.5. The van der Waals surface area contributed by atoms with E-state index in [9.17, 15) is 0 Å². The van der Waals surface area contributed by atoms with Crippen molar-refractivity contribution >= 4 is 0 Å². The lowest BCUT2D eigenvalue weighted by atomic mass is 10.2. The third-order valence-electron chi connectivity index (χ3n) is 2.31. The van der Waals surface area contributed by atoms with E-state index < -0.39 is 0 Å². The monoisotopic (exact) mass is 178 g/mol. The summed E-state index contributed by atoms with van der Waals surface area (Å²) in [6.07, 6.45) is 1.83. The van der Waals surface area contributed by atoms with Crippen LogP contribution in [0.4, 0.5) is 0 Å². The van der Waals surface area contributed by atoms with E-state index in [1.165, 1.54) is 5.56 Å². The van der Waals surface area contributed by atoms with Gasteiger partial charge in [-0.15, -0.1) is 0 Å². The molecule has 0 spiro atoms. The lowest BCUT2D eigenvalue weighted by molar-refractivity contribution is -0.00593. The fourth-order valence-corrected chi connectivity index (χ4v) is 1.30. The Kier molecular flexibility index (Phi) is 2.57. The molecule has 1 N–H and O–H groups in total. The van der Waals surface area contributed by atoms with Crippen molar-refractivity contribution in [2.45, 2.75) is 19.5 Å². The molecule has 1 aliphatic rings. The van der Waals surface area contributed by atoms with E-state index >= 15 is 0 Å². The maximum Gasteiger partial charge on any atom is 0.0643 e. The number of aryl methyl sites for hydroxylation is 1. The van der Waals surface area contributed by atoms with Crippen molar-refractivity contribution in [1.82, 2.24) is 10.3 Å². The van der Waals surface area contributed by atoms with Crippen molar-refractivity contribution in [1.29, 1.82) is 0 Å². The van der Waals surface area contributed by atoms with Crippen LogP contribution < -0.4 is 5.32 Å². The van der Waals surface area contributed by atoms with Crippen molar-refractivity contribution < 1.29 is 4.74 Å². The molecule has 70 valence electrons. The van der Waals surface area contributed by atoms with Crippen LogP contribution in [0.25, 0.3) is 0 Å². The molecule has 0 radical (unpaired) electrons. The molecule has 1 aromatic heterocycles. The number of ether oxygens (including phenoxy) is 1. The average molecular weight is 178 g/mol. The lowest BCUT2D eigenvalue weighted by Crippen LogP contribution is -2.45. The van der Waals surface area contributed by atoms with Crippen LogP contribution in [-0.4, -0.2) is 24.2 Å². The van der Waals surface area contributed by atoms with Crippen LogP contribution in [0.3, 0.4) is 0 Å². The summed E-state index contributed by atoms with van der Waals surface area (Å²) < 4.78 is 5.07. The summed E-state index contributed by atoms with van der Waals surface area (Å²) in [6, 6.07) is 4.58. The molecule has 0 saturated carbocycles. The number of nitrogens with one attached hydrogen (secondary N) is 1. The zero-order valence-corrected chi connectivity index (χ0v) is 7.79. The molecule has 1 aromatic rings. The van der Waals surface area contributed by atoms with Gasteiger partial charge in [-0.05, 0) is 18.6 Å². The van der Waals surface area contributed by atoms with Crippen molar-refractivity contribution in [3.05, 3.63) is 29.6 Å². The second kappa shape index (κ2) is 3.85. The molecule has 2 heterocycles. The zero-order valence-electron chi connectivity index (χ0n) is 7.79. The summed E-state index contributed by atoms with van der Waals surface area (Å²) in [5.74, 6) is 0. The van der Waals surface area contributed by atoms with E-state index in [0.717, 1.165) is 25.5 Å². The van der Waals surface area contributed by atoms with Gasteiger partial charge in [0.25, 0.3) is 0 Å². The number of hydrogen-bond acceptors (Lipinski definition) is 3. The van der Waals surface area contributed by atoms with Crippen molar-refractivity contribution in [2.75, 3.05) is 13.2 Å². The maximum atomic E-state index is 5.07. The quantitative estimate of drug-likeness (QED) is 0.746. The average Bonchev–Trinajstić information content (AvgIpc) is 2.05. The minimum absolute atomic E-state index is 0.529. The topological polar surface area (TPSA) is 34.2 Å². The van der Waals surface area contributed by atoms with Crippen LogP contribution in [0.2, 0.25) is 0 Å². The van der Waals surface area contributed by atoms with Gasteiger partial charge in [0, 0.05) is 12.7 Å². The van der Waals surface area contributed by atoms with Gasteiger partial charge < -0.3 is 10.1 Å². The Labute approximate surface area is 78.1 Å². The van der Waals surface area contributed by atoms with Crippen molar-refractivity contribution in [3.8, 4) is 0 Å². The molecule has 0 aliphatic carbocycles. The molecule has 2 rings (SSSR count). The highest BCUT2D eigenvalue weighted by Crippen LogP contribution is 2.05. The highest BCUT2D eigenvalue weighted by Gasteiger charge is 2.17. The summed E-state index contributed by atoms with van der Waals surface area (Å²) in [7, 11) is 0. The zero-order chi connectivity index (χ0) is 9.10. The fourth-order valence-electron chi connectivity index (χ4n) is 1.30. The van der Waals surface area contributed by atoms with E-state index in [-0.39, 0.29) is 0 Å². The van der Waals surface area contributed by atoms with Gasteiger partial charge in [0.05, 0.1) is 24.9 Å². The van der Waals surface area contributed by atoms with E-state index in [4.69, 9.17) is 4.74 Å². The van der Waals surface area contributed by atoms with Crippen LogP contribution in [-0.2, 0) is 11.3 Å². The van der Waals surface area contributed by atoms with Crippen molar-refractivity contribution in [2.24, 2.45) is 0 Å². The number of nitrogens with zero attached hydrogens (tertiary/aromatic N) is 1. The van der Waals surface area contributed by atoms with Gasteiger partial charge in [0.1, 0.15) is 0 Å². The summed E-state index contributed by atoms with van der Waals surface area (Å²) in [6.45, 7) is 4.61. The van der Waals surface area contributed by atoms with Gasteiger partial charge in [-0.3, -0.25) is 4.98 Å². The first kappa shape index (κ1) is 8.66. The molecule has 0 amide bonds. The first-order valence-electron chi connectivity index (χ1n) is 4.58. The third-order valence-corrected chi connectivity index (χ3v) is 2.31. The van der Waals surface area contributed by atoms with E-state index in [1.54, 1.807) is 0 Å². The fraction of sp³-hybridized carbons (Fsp3) is 0.500. The van der Waals surface area contributed by atoms with Crippen LogP contribution in [0.5, 0.6) is 0 Å². The van der Waals surface area contributed by atoms with Gasteiger partial charge >= 0.3 is 0 Å². The largest absolute Gasteiger partial charge is 0.378 e. The van der Waals surface area contributed by atoms with Gasteiger partial charge in [0.2, 0.25) is 0 Å².